The van der Waals surface area contributed by atoms with E-state index >= 15 is 0 Å². The highest BCUT2D eigenvalue weighted by atomic mass is 79.9. The van der Waals surface area contributed by atoms with Crippen LogP contribution in [-0.2, 0) is 9.53 Å². The number of fused-ring (bicyclic) bond motifs is 5. The molecule has 4 saturated carbocycles. The van der Waals surface area contributed by atoms with Crippen molar-refractivity contribution in [2.24, 2.45) is 58.2 Å². The molecule has 4 fully saturated rings. The Kier molecular flexibility index (Phi) is 8.32. The number of esters is 1. The van der Waals surface area contributed by atoms with Crippen LogP contribution in [0.2, 0.25) is 0 Å². The fraction of sp³-hybridized carbons (Fsp3) is 0.967. The number of halogens is 2. The molecule has 0 bridgehead atoms. The Bertz CT molecular complexity index is 739. The van der Waals surface area contributed by atoms with Crippen LogP contribution in [0, 0.1) is 58.2 Å². The minimum absolute atomic E-state index is 0.0968. The highest BCUT2D eigenvalue weighted by Crippen LogP contribution is 2.68. The molecule has 2 nitrogen and oxygen atoms in total. The predicted octanol–water partition coefficient (Wildman–Crippen LogP) is 9.03. The van der Waals surface area contributed by atoms with Crippen molar-refractivity contribution >= 4 is 37.8 Å². The van der Waals surface area contributed by atoms with Crippen LogP contribution in [0.5, 0.6) is 0 Å². The summed E-state index contributed by atoms with van der Waals surface area (Å²) in [5, 5.41) is 0. The van der Waals surface area contributed by atoms with Crippen molar-refractivity contribution in [2.75, 3.05) is 0 Å². The van der Waals surface area contributed by atoms with E-state index in [9.17, 15) is 4.79 Å². The Labute approximate surface area is 226 Å². The van der Waals surface area contributed by atoms with Gasteiger partial charge in [-0.25, -0.2) is 0 Å². The van der Waals surface area contributed by atoms with Crippen LogP contribution in [0.15, 0.2) is 0 Å². The Hall–Kier alpha value is 0.430. The summed E-state index contributed by atoms with van der Waals surface area (Å²) in [7, 11) is 0. The first-order valence-corrected chi connectivity index (χ1v) is 16.2. The molecule has 0 spiro atoms. The summed E-state index contributed by atoms with van der Waals surface area (Å²) in [5.41, 5.74) is 0.953. The number of hydrogen-bond donors (Lipinski definition) is 0. The molecule has 0 amide bonds. The zero-order valence-corrected chi connectivity index (χ0v) is 26.0. The summed E-state index contributed by atoms with van der Waals surface area (Å²) in [6, 6.07) is 0. The van der Waals surface area contributed by atoms with E-state index in [0.29, 0.717) is 38.2 Å². The highest BCUT2D eigenvalue weighted by Gasteiger charge is 2.61. The van der Waals surface area contributed by atoms with E-state index in [1.54, 1.807) is 6.92 Å². The van der Waals surface area contributed by atoms with Crippen molar-refractivity contribution < 1.29 is 9.53 Å². The lowest BCUT2D eigenvalue weighted by atomic mass is 9.44. The first-order valence-electron chi connectivity index (χ1n) is 14.4. The normalized spacial score (nSPS) is 45.5. The van der Waals surface area contributed by atoms with E-state index in [1.165, 1.54) is 44.9 Å². The Balaban J connectivity index is 1.47. The largest absolute Gasteiger partial charge is 0.463 e. The minimum Gasteiger partial charge on any atom is -0.463 e. The van der Waals surface area contributed by atoms with E-state index < -0.39 is 0 Å². The van der Waals surface area contributed by atoms with Crippen molar-refractivity contribution in [3.8, 4) is 0 Å². The van der Waals surface area contributed by atoms with Gasteiger partial charge in [-0.05, 0) is 116 Å². The molecule has 0 aromatic rings. The summed E-state index contributed by atoms with van der Waals surface area (Å²) in [5.74, 6) is 6.23. The van der Waals surface area contributed by atoms with Gasteiger partial charge in [-0.1, -0.05) is 73.4 Å². The number of carbonyl (C=O) groups is 1. The average Bonchev–Trinajstić information content (AvgIpc) is 3.14. The summed E-state index contributed by atoms with van der Waals surface area (Å²) in [6.07, 6.45) is 12.0. The molecule has 12 atom stereocenters. The standard InChI is InChI=1S/C30H50Br2O2/c1-17(2)18(3)27(31)28(32)19(4)24-10-11-25-23-9-8-21-16-22(34-20(5)33)12-14-29(21,6)26(23)13-15-30(24,25)7/h17-19,21-28H,8-16H2,1-7H3/t18-,19+,21+,22+,23+,24-,25+,26+,27?,28?,29+,30-/m1/s1. The van der Waals surface area contributed by atoms with Gasteiger partial charge in [0, 0.05) is 16.6 Å². The molecule has 4 rings (SSSR count). The molecule has 0 aromatic carbocycles. The molecule has 196 valence electrons. The highest BCUT2D eigenvalue weighted by molar-refractivity contribution is 9.12. The number of alkyl halides is 2. The van der Waals surface area contributed by atoms with Crippen molar-refractivity contribution in [3.05, 3.63) is 0 Å². The predicted molar refractivity (Wildman–Crippen MR) is 149 cm³/mol. The molecule has 0 aromatic heterocycles. The fourth-order valence-corrected chi connectivity index (χ4v) is 11.6. The third-order valence-corrected chi connectivity index (χ3v) is 15.5. The van der Waals surface area contributed by atoms with Crippen LogP contribution in [0.25, 0.3) is 0 Å². The zero-order valence-electron chi connectivity index (χ0n) is 22.8. The molecule has 2 unspecified atom stereocenters. The van der Waals surface area contributed by atoms with Crippen molar-refractivity contribution in [1.29, 1.82) is 0 Å². The molecule has 0 saturated heterocycles. The summed E-state index contributed by atoms with van der Waals surface area (Å²) < 4.78 is 5.67. The lowest BCUT2D eigenvalue weighted by Gasteiger charge is -2.61. The van der Waals surface area contributed by atoms with Crippen LogP contribution < -0.4 is 0 Å². The maximum absolute atomic E-state index is 11.6. The van der Waals surface area contributed by atoms with Gasteiger partial charge >= 0.3 is 5.97 Å². The molecule has 0 N–H and O–H groups in total. The number of hydrogen-bond acceptors (Lipinski definition) is 2. The van der Waals surface area contributed by atoms with Crippen molar-refractivity contribution in [1.82, 2.24) is 0 Å². The topological polar surface area (TPSA) is 26.3 Å². The maximum atomic E-state index is 11.6. The van der Waals surface area contributed by atoms with Crippen LogP contribution in [0.1, 0.15) is 106 Å². The molecule has 4 heteroatoms. The van der Waals surface area contributed by atoms with Crippen LogP contribution in [0.3, 0.4) is 0 Å². The second-order valence-electron chi connectivity index (χ2n) is 13.7. The molecule has 34 heavy (non-hydrogen) atoms. The van der Waals surface area contributed by atoms with Gasteiger partial charge in [0.2, 0.25) is 0 Å². The van der Waals surface area contributed by atoms with Gasteiger partial charge in [-0.3, -0.25) is 4.79 Å². The SMILES string of the molecule is CC(=O)O[C@H]1CC[C@@]2(C)[C@@H](CC[C@@H]3[C@@H]2CC[C@]2(C)[C@@H]([C@H](C)C(Br)C(Br)[C@H](C)C(C)C)CC[C@@H]32)C1. The van der Waals surface area contributed by atoms with E-state index in [-0.39, 0.29) is 12.1 Å². The van der Waals surface area contributed by atoms with Gasteiger partial charge in [-0.15, -0.1) is 0 Å². The number of rotatable bonds is 6. The molecule has 0 aliphatic heterocycles. The van der Waals surface area contributed by atoms with E-state index in [4.69, 9.17) is 4.74 Å². The van der Waals surface area contributed by atoms with E-state index in [1.807, 2.05) is 0 Å². The lowest BCUT2D eigenvalue weighted by Crippen LogP contribution is -2.54. The maximum Gasteiger partial charge on any atom is 0.302 e. The molecule has 4 aliphatic rings. The first kappa shape index (κ1) is 27.5. The van der Waals surface area contributed by atoms with Gasteiger partial charge in [-0.2, -0.15) is 0 Å². The Morgan fingerprint density at radius 2 is 1.50 bits per heavy atom. The second kappa shape index (κ2) is 10.3. The average molecular weight is 603 g/mol. The Morgan fingerprint density at radius 1 is 0.853 bits per heavy atom. The van der Waals surface area contributed by atoms with Gasteiger partial charge in [0.15, 0.2) is 0 Å². The summed E-state index contributed by atoms with van der Waals surface area (Å²) >= 11 is 8.30. The Morgan fingerprint density at radius 3 is 2.15 bits per heavy atom. The van der Waals surface area contributed by atoms with Gasteiger partial charge in [0.1, 0.15) is 6.10 Å². The molecule has 0 heterocycles. The van der Waals surface area contributed by atoms with Crippen LogP contribution >= 0.6 is 31.9 Å². The second-order valence-corrected chi connectivity index (χ2v) is 15.9. The summed E-state index contributed by atoms with van der Waals surface area (Å²) in [6.45, 7) is 16.5. The minimum atomic E-state index is -0.0968. The third-order valence-electron chi connectivity index (χ3n) is 12.0. The van der Waals surface area contributed by atoms with Crippen LogP contribution in [0.4, 0.5) is 0 Å². The van der Waals surface area contributed by atoms with E-state index in [2.05, 4.69) is 73.4 Å². The van der Waals surface area contributed by atoms with E-state index in [0.717, 1.165) is 42.4 Å². The summed E-state index contributed by atoms with van der Waals surface area (Å²) in [4.78, 5) is 12.6. The molecule has 0 radical (unpaired) electrons. The molecule has 4 aliphatic carbocycles. The van der Waals surface area contributed by atoms with Crippen molar-refractivity contribution in [2.45, 2.75) is 122 Å². The van der Waals surface area contributed by atoms with Gasteiger partial charge < -0.3 is 4.74 Å². The first-order chi connectivity index (χ1) is 15.9. The monoisotopic (exact) mass is 600 g/mol. The lowest BCUT2D eigenvalue weighted by molar-refractivity contribution is -0.160. The molecular formula is C30H50Br2O2. The molecular weight excluding hydrogens is 552 g/mol. The smallest absolute Gasteiger partial charge is 0.302 e. The van der Waals surface area contributed by atoms with Gasteiger partial charge in [0.25, 0.3) is 0 Å². The number of ether oxygens (including phenoxy) is 1. The number of carbonyl (C=O) groups excluding carboxylic acids is 1. The zero-order chi connectivity index (χ0) is 25.0. The van der Waals surface area contributed by atoms with Crippen LogP contribution in [-0.4, -0.2) is 21.7 Å². The van der Waals surface area contributed by atoms with Gasteiger partial charge in [0.05, 0.1) is 0 Å². The fourth-order valence-electron chi connectivity index (χ4n) is 9.63. The van der Waals surface area contributed by atoms with Crippen molar-refractivity contribution in [3.63, 3.8) is 0 Å². The quantitative estimate of drug-likeness (QED) is 0.224. The third kappa shape index (κ3) is 4.71.